The van der Waals surface area contributed by atoms with Gasteiger partial charge in [0.1, 0.15) is 23.8 Å². The van der Waals surface area contributed by atoms with E-state index in [2.05, 4.69) is 6.58 Å². The zero-order chi connectivity index (χ0) is 26.1. The lowest BCUT2D eigenvalue weighted by atomic mass is 9.97. The molecular weight excluding hydrogens is 477 g/mol. The summed E-state index contributed by atoms with van der Waals surface area (Å²) >= 11 is 0. The number of nitrogens with zero attached hydrogens (tertiary/aromatic N) is 1. The van der Waals surface area contributed by atoms with Crippen molar-refractivity contribution in [3.63, 3.8) is 0 Å². The lowest BCUT2D eigenvalue weighted by Gasteiger charge is -2.26. The Morgan fingerprint density at radius 3 is 2.49 bits per heavy atom. The van der Waals surface area contributed by atoms with E-state index in [4.69, 9.17) is 18.6 Å². The van der Waals surface area contributed by atoms with Crippen molar-refractivity contribution in [2.45, 2.75) is 12.6 Å². The summed E-state index contributed by atoms with van der Waals surface area (Å²) in [5.74, 6) is 0.534. The summed E-state index contributed by atoms with van der Waals surface area (Å²) in [5, 5.41) is 0.0701. The van der Waals surface area contributed by atoms with Crippen LogP contribution in [0.1, 0.15) is 33.3 Å². The molecule has 1 aliphatic rings. The standard InChI is InChI=1S/C29H24FNO6/c1-4-13-36-23-11-7-18(14-24(23)35-3)26-25-27(32)21-15-19(30)8-12-22(21)37-28(25)29(33)31(26)16-17-5-9-20(34-2)10-6-17/h4-12,14-15,26H,1,13,16H2,2-3H3. The molecule has 3 aromatic carbocycles. The SMILES string of the molecule is C=CCOc1ccc(C2c3c(oc4ccc(F)cc4c3=O)C(=O)N2Cc2ccc(OC)cc2)cc1OC. The van der Waals surface area contributed by atoms with E-state index in [1.165, 1.54) is 19.2 Å². The van der Waals surface area contributed by atoms with Gasteiger partial charge in [0.05, 0.1) is 31.2 Å². The van der Waals surface area contributed by atoms with Crippen LogP contribution < -0.4 is 19.6 Å². The predicted octanol–water partition coefficient (Wildman–Crippen LogP) is 5.26. The van der Waals surface area contributed by atoms with Gasteiger partial charge in [0.2, 0.25) is 5.76 Å². The number of hydrogen-bond donors (Lipinski definition) is 0. The molecule has 1 aromatic heterocycles. The third-order valence-corrected chi connectivity index (χ3v) is 6.30. The Kier molecular flexibility index (Phi) is 6.40. The molecule has 1 amide bonds. The molecule has 0 saturated heterocycles. The Balaban J connectivity index is 1.67. The fourth-order valence-electron chi connectivity index (χ4n) is 4.55. The Morgan fingerprint density at radius 2 is 1.78 bits per heavy atom. The van der Waals surface area contributed by atoms with Crippen LogP contribution in [0.4, 0.5) is 4.39 Å². The zero-order valence-electron chi connectivity index (χ0n) is 20.3. The third kappa shape index (κ3) is 4.31. The first-order chi connectivity index (χ1) is 17.9. The van der Waals surface area contributed by atoms with Crippen LogP contribution in [0.3, 0.4) is 0 Å². The molecular formula is C29H24FNO6. The van der Waals surface area contributed by atoms with E-state index in [0.717, 1.165) is 11.6 Å². The highest BCUT2D eigenvalue weighted by atomic mass is 19.1. The van der Waals surface area contributed by atoms with E-state index < -0.39 is 23.2 Å². The fraction of sp³-hybridized carbons (Fsp3) is 0.172. The van der Waals surface area contributed by atoms with Gasteiger partial charge in [-0.25, -0.2) is 4.39 Å². The van der Waals surface area contributed by atoms with Gasteiger partial charge in [0, 0.05) is 6.54 Å². The normalized spacial score (nSPS) is 14.5. The molecule has 2 heterocycles. The minimum Gasteiger partial charge on any atom is -0.497 e. The number of amides is 1. The van der Waals surface area contributed by atoms with Crippen molar-refractivity contribution in [2.24, 2.45) is 0 Å². The number of methoxy groups -OCH3 is 2. The molecule has 37 heavy (non-hydrogen) atoms. The van der Waals surface area contributed by atoms with E-state index in [1.807, 2.05) is 12.1 Å². The lowest BCUT2D eigenvalue weighted by molar-refractivity contribution is 0.0714. The maximum atomic E-state index is 14.0. The Hall–Kier alpha value is -4.59. The molecule has 0 saturated carbocycles. The van der Waals surface area contributed by atoms with Crippen LogP contribution in [-0.2, 0) is 6.54 Å². The Morgan fingerprint density at radius 1 is 1.00 bits per heavy atom. The van der Waals surface area contributed by atoms with Gasteiger partial charge in [-0.15, -0.1) is 0 Å². The number of hydrogen-bond acceptors (Lipinski definition) is 6. The summed E-state index contributed by atoms with van der Waals surface area (Å²) in [6.07, 6.45) is 1.62. The van der Waals surface area contributed by atoms with Gasteiger partial charge < -0.3 is 23.5 Å². The maximum absolute atomic E-state index is 14.0. The highest BCUT2D eigenvalue weighted by molar-refractivity contribution is 5.99. The van der Waals surface area contributed by atoms with Crippen molar-refractivity contribution < 1.29 is 27.8 Å². The number of fused-ring (bicyclic) bond motifs is 2. The van der Waals surface area contributed by atoms with Gasteiger partial charge in [-0.1, -0.05) is 30.9 Å². The highest BCUT2D eigenvalue weighted by Gasteiger charge is 2.43. The summed E-state index contributed by atoms with van der Waals surface area (Å²) in [5.41, 5.74) is 1.28. The van der Waals surface area contributed by atoms with E-state index in [9.17, 15) is 14.0 Å². The topological polar surface area (TPSA) is 78.2 Å². The molecule has 0 bridgehead atoms. The maximum Gasteiger partial charge on any atom is 0.291 e. The van der Waals surface area contributed by atoms with Crippen LogP contribution in [0.5, 0.6) is 17.2 Å². The molecule has 188 valence electrons. The molecule has 4 aromatic rings. The number of ether oxygens (including phenoxy) is 3. The van der Waals surface area contributed by atoms with Crippen molar-refractivity contribution in [3.05, 3.63) is 112 Å². The minimum absolute atomic E-state index is 0.0615. The summed E-state index contributed by atoms with van der Waals surface area (Å²) in [6.45, 7) is 4.13. The molecule has 1 atom stereocenters. The average molecular weight is 502 g/mol. The number of carbonyl (C=O) groups is 1. The first-order valence-corrected chi connectivity index (χ1v) is 11.6. The van der Waals surface area contributed by atoms with Crippen LogP contribution in [0.15, 0.2) is 82.5 Å². The molecule has 7 nitrogen and oxygen atoms in total. The molecule has 5 rings (SSSR count). The second-order valence-electron chi connectivity index (χ2n) is 8.51. The van der Waals surface area contributed by atoms with Gasteiger partial charge in [0.25, 0.3) is 5.91 Å². The van der Waals surface area contributed by atoms with Crippen molar-refractivity contribution in [1.82, 2.24) is 4.90 Å². The first-order valence-electron chi connectivity index (χ1n) is 11.6. The highest BCUT2D eigenvalue weighted by Crippen LogP contribution is 2.41. The zero-order valence-corrected chi connectivity index (χ0v) is 20.3. The number of benzene rings is 3. The molecule has 0 radical (unpaired) electrons. The summed E-state index contributed by atoms with van der Waals surface area (Å²) in [6, 6.07) is 15.4. The third-order valence-electron chi connectivity index (χ3n) is 6.30. The monoisotopic (exact) mass is 501 g/mol. The van der Waals surface area contributed by atoms with Crippen LogP contribution in [0.25, 0.3) is 11.0 Å². The molecule has 8 heteroatoms. The second kappa shape index (κ2) is 9.81. The van der Waals surface area contributed by atoms with Crippen LogP contribution in [-0.4, -0.2) is 31.6 Å². The van der Waals surface area contributed by atoms with E-state index in [1.54, 1.807) is 48.4 Å². The molecule has 0 spiro atoms. The summed E-state index contributed by atoms with van der Waals surface area (Å²) in [4.78, 5) is 28.9. The van der Waals surface area contributed by atoms with Gasteiger partial charge >= 0.3 is 0 Å². The Bertz CT molecular complexity index is 1560. The van der Waals surface area contributed by atoms with Crippen molar-refractivity contribution in [3.8, 4) is 17.2 Å². The molecule has 1 unspecified atom stereocenters. The lowest BCUT2D eigenvalue weighted by Crippen LogP contribution is -2.29. The molecule has 0 N–H and O–H groups in total. The van der Waals surface area contributed by atoms with Gasteiger partial charge in [-0.2, -0.15) is 0 Å². The van der Waals surface area contributed by atoms with Crippen molar-refractivity contribution in [1.29, 1.82) is 0 Å². The first kappa shape index (κ1) is 24.1. The van der Waals surface area contributed by atoms with Crippen LogP contribution in [0, 0.1) is 5.82 Å². The second-order valence-corrected chi connectivity index (χ2v) is 8.51. The van der Waals surface area contributed by atoms with Crippen LogP contribution >= 0.6 is 0 Å². The van der Waals surface area contributed by atoms with E-state index in [0.29, 0.717) is 22.8 Å². The summed E-state index contributed by atoms with van der Waals surface area (Å²) in [7, 11) is 3.08. The van der Waals surface area contributed by atoms with Gasteiger partial charge in [-0.05, 0) is 53.6 Å². The van der Waals surface area contributed by atoms with E-state index in [-0.39, 0.29) is 35.4 Å². The quantitative estimate of drug-likeness (QED) is 0.307. The minimum atomic E-state index is -0.795. The van der Waals surface area contributed by atoms with Crippen molar-refractivity contribution >= 4 is 16.9 Å². The average Bonchev–Trinajstić information content (AvgIpc) is 3.19. The number of halogens is 1. The summed E-state index contributed by atoms with van der Waals surface area (Å²) < 4.78 is 36.4. The van der Waals surface area contributed by atoms with Crippen molar-refractivity contribution in [2.75, 3.05) is 20.8 Å². The fourth-order valence-corrected chi connectivity index (χ4v) is 4.55. The van der Waals surface area contributed by atoms with Gasteiger partial charge in [-0.3, -0.25) is 9.59 Å². The molecule has 0 aliphatic carbocycles. The molecule has 1 aliphatic heterocycles. The largest absolute Gasteiger partial charge is 0.497 e. The number of carbonyl (C=O) groups excluding carboxylic acids is 1. The predicted molar refractivity (Wildman–Crippen MR) is 136 cm³/mol. The van der Waals surface area contributed by atoms with Gasteiger partial charge in [0.15, 0.2) is 16.9 Å². The van der Waals surface area contributed by atoms with E-state index >= 15 is 0 Å². The molecule has 0 fully saturated rings. The van der Waals surface area contributed by atoms with Crippen LogP contribution in [0.2, 0.25) is 0 Å². The number of rotatable bonds is 8. The smallest absolute Gasteiger partial charge is 0.291 e. The Labute approximate surface area is 212 Å².